The van der Waals surface area contributed by atoms with Gasteiger partial charge in [-0.1, -0.05) is 41.6 Å². The third-order valence-electron chi connectivity index (χ3n) is 3.86. The van der Waals surface area contributed by atoms with Crippen molar-refractivity contribution in [1.82, 2.24) is 14.8 Å². The highest BCUT2D eigenvalue weighted by atomic mass is 35.5. The molecule has 5 nitrogen and oxygen atoms in total. The Morgan fingerprint density at radius 1 is 1.25 bits per heavy atom. The molecule has 0 N–H and O–H groups in total. The molecule has 0 aliphatic heterocycles. The fourth-order valence-electron chi connectivity index (χ4n) is 2.49. The van der Waals surface area contributed by atoms with Crippen molar-refractivity contribution in [1.29, 1.82) is 0 Å². The summed E-state index contributed by atoms with van der Waals surface area (Å²) in [5.41, 5.74) is 1.12. The van der Waals surface area contributed by atoms with Gasteiger partial charge < -0.3 is 9.47 Å². The number of hydrogen-bond acceptors (Lipinski definition) is 5. The summed E-state index contributed by atoms with van der Waals surface area (Å²) in [5, 5.41) is 9.45. The lowest BCUT2D eigenvalue weighted by molar-refractivity contribution is 0.289. The van der Waals surface area contributed by atoms with Crippen molar-refractivity contribution in [3.05, 3.63) is 77.3 Å². The largest absolute Gasteiger partial charge is 0.497 e. The summed E-state index contributed by atoms with van der Waals surface area (Å²) in [6.07, 6.45) is 1.77. The van der Waals surface area contributed by atoms with E-state index in [9.17, 15) is 4.39 Å². The Balaban J connectivity index is 1.70. The SMILES string of the molecule is C=CCn1c(COc2ccc(F)cc2Cl)nnc1SCc1cccc(OC)c1. The molecule has 8 heteroatoms. The van der Waals surface area contributed by atoms with Gasteiger partial charge in [-0.2, -0.15) is 0 Å². The molecular formula is C20H19ClFN3O2S. The molecule has 0 aliphatic carbocycles. The zero-order chi connectivity index (χ0) is 19.9. The number of hydrogen-bond donors (Lipinski definition) is 0. The van der Waals surface area contributed by atoms with Crippen LogP contribution in [-0.4, -0.2) is 21.9 Å². The lowest BCUT2D eigenvalue weighted by Crippen LogP contribution is -2.07. The van der Waals surface area contributed by atoms with Crippen molar-refractivity contribution < 1.29 is 13.9 Å². The number of benzene rings is 2. The second-order valence-electron chi connectivity index (χ2n) is 5.80. The van der Waals surface area contributed by atoms with Crippen molar-refractivity contribution >= 4 is 23.4 Å². The Hall–Kier alpha value is -2.51. The van der Waals surface area contributed by atoms with Crippen LogP contribution in [-0.2, 0) is 18.9 Å². The molecular weight excluding hydrogens is 401 g/mol. The van der Waals surface area contributed by atoms with Gasteiger partial charge in [-0.15, -0.1) is 16.8 Å². The van der Waals surface area contributed by atoms with Crippen LogP contribution in [0, 0.1) is 5.82 Å². The van der Waals surface area contributed by atoms with Gasteiger partial charge >= 0.3 is 0 Å². The van der Waals surface area contributed by atoms with Gasteiger partial charge in [0.25, 0.3) is 0 Å². The fourth-order valence-corrected chi connectivity index (χ4v) is 3.62. The van der Waals surface area contributed by atoms with Crippen molar-refractivity contribution in [3.63, 3.8) is 0 Å². The molecule has 0 radical (unpaired) electrons. The molecule has 0 spiro atoms. The molecule has 0 bridgehead atoms. The Bertz CT molecular complexity index is 964. The third kappa shape index (κ3) is 5.05. The first-order chi connectivity index (χ1) is 13.6. The van der Waals surface area contributed by atoms with Crippen LogP contribution in [0.2, 0.25) is 5.02 Å². The standard InChI is InChI=1S/C20H19ClFN3O2S/c1-3-9-25-19(12-27-18-8-7-15(22)11-17(18)21)23-24-20(25)28-13-14-5-4-6-16(10-14)26-2/h3-8,10-11H,1,9,12-13H2,2H3. The van der Waals surface area contributed by atoms with Crippen LogP contribution >= 0.6 is 23.4 Å². The van der Waals surface area contributed by atoms with Gasteiger partial charge in [0, 0.05) is 12.3 Å². The topological polar surface area (TPSA) is 49.2 Å². The van der Waals surface area contributed by atoms with Gasteiger partial charge in [-0.25, -0.2) is 4.39 Å². The highest BCUT2D eigenvalue weighted by Crippen LogP contribution is 2.27. The van der Waals surface area contributed by atoms with Crippen LogP contribution in [0.1, 0.15) is 11.4 Å². The molecule has 0 atom stereocenters. The van der Waals surface area contributed by atoms with Crippen molar-refractivity contribution in [2.75, 3.05) is 7.11 Å². The van der Waals surface area contributed by atoms with E-state index in [4.69, 9.17) is 21.1 Å². The second kappa shape index (κ2) is 9.61. The van der Waals surface area contributed by atoms with Crippen molar-refractivity contribution in [3.8, 4) is 11.5 Å². The number of ether oxygens (including phenoxy) is 2. The molecule has 0 amide bonds. The highest BCUT2D eigenvalue weighted by Gasteiger charge is 2.14. The molecule has 0 unspecified atom stereocenters. The molecule has 1 heterocycles. The van der Waals surface area contributed by atoms with Gasteiger partial charge in [-0.05, 0) is 35.9 Å². The van der Waals surface area contributed by atoms with Crippen LogP contribution in [0.15, 0.2) is 60.3 Å². The summed E-state index contributed by atoms with van der Waals surface area (Å²) in [4.78, 5) is 0. The second-order valence-corrected chi connectivity index (χ2v) is 7.15. The molecule has 1 aromatic heterocycles. The molecule has 0 saturated carbocycles. The van der Waals surface area contributed by atoms with E-state index in [-0.39, 0.29) is 11.6 Å². The van der Waals surface area contributed by atoms with E-state index in [1.54, 1.807) is 24.9 Å². The molecule has 2 aromatic carbocycles. The van der Waals surface area contributed by atoms with Gasteiger partial charge in [0.2, 0.25) is 0 Å². The van der Waals surface area contributed by atoms with Crippen LogP contribution < -0.4 is 9.47 Å². The zero-order valence-electron chi connectivity index (χ0n) is 15.3. The summed E-state index contributed by atoms with van der Waals surface area (Å²) < 4.78 is 26.0. The summed E-state index contributed by atoms with van der Waals surface area (Å²) in [7, 11) is 1.65. The highest BCUT2D eigenvalue weighted by molar-refractivity contribution is 7.98. The lowest BCUT2D eigenvalue weighted by Gasteiger charge is -2.10. The molecule has 28 heavy (non-hydrogen) atoms. The number of halogens is 2. The third-order valence-corrected chi connectivity index (χ3v) is 5.19. The minimum atomic E-state index is -0.414. The first kappa shape index (κ1) is 20.2. The quantitative estimate of drug-likeness (QED) is 0.355. The summed E-state index contributed by atoms with van der Waals surface area (Å²) in [6.45, 7) is 4.50. The zero-order valence-corrected chi connectivity index (χ0v) is 16.8. The van der Waals surface area contributed by atoms with E-state index in [2.05, 4.69) is 16.8 Å². The van der Waals surface area contributed by atoms with Gasteiger partial charge in [0.05, 0.1) is 12.1 Å². The number of rotatable bonds is 9. The van der Waals surface area contributed by atoms with Crippen LogP contribution in [0.4, 0.5) is 4.39 Å². The average Bonchev–Trinajstić information content (AvgIpc) is 3.08. The van der Waals surface area contributed by atoms with E-state index in [1.165, 1.54) is 18.2 Å². The maximum absolute atomic E-state index is 13.2. The van der Waals surface area contributed by atoms with Gasteiger partial charge in [-0.3, -0.25) is 4.57 Å². The van der Waals surface area contributed by atoms with Crippen molar-refractivity contribution in [2.24, 2.45) is 0 Å². The smallest absolute Gasteiger partial charge is 0.191 e. The molecule has 0 aliphatic rings. The first-order valence-electron chi connectivity index (χ1n) is 8.47. The maximum Gasteiger partial charge on any atom is 0.191 e. The maximum atomic E-state index is 13.2. The van der Waals surface area contributed by atoms with Crippen LogP contribution in [0.25, 0.3) is 0 Å². The Kier molecular flexibility index (Phi) is 6.95. The van der Waals surface area contributed by atoms with E-state index in [0.29, 0.717) is 18.1 Å². The average molecular weight is 420 g/mol. The van der Waals surface area contributed by atoms with Gasteiger partial charge in [0.15, 0.2) is 11.0 Å². The summed E-state index contributed by atoms with van der Waals surface area (Å²) in [6, 6.07) is 11.9. The number of thioether (sulfide) groups is 1. The lowest BCUT2D eigenvalue weighted by atomic mass is 10.2. The fraction of sp³-hybridized carbons (Fsp3) is 0.200. The number of nitrogens with zero attached hydrogens (tertiary/aromatic N) is 3. The number of methoxy groups -OCH3 is 1. The normalized spacial score (nSPS) is 10.7. The van der Waals surface area contributed by atoms with E-state index in [0.717, 1.165) is 22.2 Å². The molecule has 0 fully saturated rings. The Morgan fingerprint density at radius 3 is 2.86 bits per heavy atom. The first-order valence-corrected chi connectivity index (χ1v) is 9.83. The predicted molar refractivity (Wildman–Crippen MR) is 109 cm³/mol. The molecule has 3 aromatic rings. The van der Waals surface area contributed by atoms with E-state index < -0.39 is 5.82 Å². The molecule has 3 rings (SSSR count). The molecule has 146 valence electrons. The van der Waals surface area contributed by atoms with Crippen LogP contribution in [0.3, 0.4) is 0 Å². The molecule has 0 saturated heterocycles. The van der Waals surface area contributed by atoms with E-state index >= 15 is 0 Å². The Morgan fingerprint density at radius 2 is 2.11 bits per heavy atom. The van der Waals surface area contributed by atoms with Crippen LogP contribution in [0.5, 0.6) is 11.5 Å². The van der Waals surface area contributed by atoms with E-state index in [1.807, 2.05) is 28.8 Å². The number of aromatic nitrogens is 3. The summed E-state index contributed by atoms with van der Waals surface area (Å²) >= 11 is 7.57. The van der Waals surface area contributed by atoms with Gasteiger partial charge in [0.1, 0.15) is 23.9 Å². The monoisotopic (exact) mass is 419 g/mol. The number of allylic oxidation sites excluding steroid dienone is 1. The predicted octanol–water partition coefficient (Wildman–Crippen LogP) is 5.14. The van der Waals surface area contributed by atoms with Crippen molar-refractivity contribution in [2.45, 2.75) is 24.1 Å². The minimum absolute atomic E-state index is 0.159. The summed E-state index contributed by atoms with van der Waals surface area (Å²) in [5.74, 6) is 2.14. The Labute approximate surface area is 172 Å². The minimum Gasteiger partial charge on any atom is -0.497 e.